The first-order chi connectivity index (χ1) is 12.9. The van der Waals surface area contributed by atoms with E-state index in [1.54, 1.807) is 30.5 Å². The van der Waals surface area contributed by atoms with Crippen molar-refractivity contribution in [1.82, 2.24) is 4.98 Å². The average Bonchev–Trinajstić information content (AvgIpc) is 3.04. The third kappa shape index (κ3) is 5.15. The second-order valence-electron chi connectivity index (χ2n) is 6.11. The Morgan fingerprint density at radius 3 is 2.70 bits per heavy atom. The molecule has 5 nitrogen and oxygen atoms in total. The molecule has 1 aromatic heterocycles. The van der Waals surface area contributed by atoms with Crippen molar-refractivity contribution in [3.63, 3.8) is 0 Å². The first kappa shape index (κ1) is 19.1. The van der Waals surface area contributed by atoms with Crippen molar-refractivity contribution < 1.29 is 9.59 Å². The summed E-state index contributed by atoms with van der Waals surface area (Å²) in [7, 11) is 0. The van der Waals surface area contributed by atoms with Crippen LogP contribution in [0.15, 0.2) is 48.7 Å². The molecule has 3 rings (SSSR count). The molecule has 0 radical (unpaired) electrons. The summed E-state index contributed by atoms with van der Waals surface area (Å²) in [6.07, 6.45) is 2.45. The largest absolute Gasteiger partial charge is 0.326 e. The SMILES string of the molecule is CC(=O)Nc1cccc(C(=O)Nc2ncc(Cc3ccc(C)c(Cl)c3)s2)c1. The van der Waals surface area contributed by atoms with E-state index in [9.17, 15) is 9.59 Å². The van der Waals surface area contributed by atoms with Gasteiger partial charge in [0.1, 0.15) is 0 Å². The molecule has 0 atom stereocenters. The monoisotopic (exact) mass is 399 g/mol. The van der Waals surface area contributed by atoms with Crippen LogP contribution in [0.4, 0.5) is 10.8 Å². The van der Waals surface area contributed by atoms with Gasteiger partial charge in [-0.2, -0.15) is 0 Å². The number of rotatable bonds is 5. The van der Waals surface area contributed by atoms with Gasteiger partial charge in [0.15, 0.2) is 5.13 Å². The van der Waals surface area contributed by atoms with E-state index >= 15 is 0 Å². The summed E-state index contributed by atoms with van der Waals surface area (Å²) in [4.78, 5) is 28.9. The first-order valence-electron chi connectivity index (χ1n) is 8.29. The highest BCUT2D eigenvalue weighted by Crippen LogP contribution is 2.24. The van der Waals surface area contributed by atoms with E-state index in [4.69, 9.17) is 11.6 Å². The summed E-state index contributed by atoms with van der Waals surface area (Å²) in [5, 5.41) is 6.72. The van der Waals surface area contributed by atoms with E-state index in [0.717, 1.165) is 21.0 Å². The smallest absolute Gasteiger partial charge is 0.257 e. The molecule has 2 aromatic carbocycles. The number of thiazole rings is 1. The van der Waals surface area contributed by atoms with Gasteiger partial charge in [0, 0.05) is 40.7 Å². The highest BCUT2D eigenvalue weighted by atomic mass is 35.5. The van der Waals surface area contributed by atoms with Crippen molar-refractivity contribution in [1.29, 1.82) is 0 Å². The number of hydrogen-bond acceptors (Lipinski definition) is 4. The van der Waals surface area contributed by atoms with Gasteiger partial charge in [-0.1, -0.05) is 29.8 Å². The summed E-state index contributed by atoms with van der Waals surface area (Å²) in [5.41, 5.74) is 3.16. The van der Waals surface area contributed by atoms with Crippen LogP contribution in [0.2, 0.25) is 5.02 Å². The van der Waals surface area contributed by atoms with Crippen LogP contribution < -0.4 is 10.6 Å². The van der Waals surface area contributed by atoms with Crippen molar-refractivity contribution in [2.75, 3.05) is 10.6 Å². The second kappa shape index (κ2) is 8.33. The molecule has 1 heterocycles. The fourth-order valence-corrected chi connectivity index (χ4v) is 3.55. The van der Waals surface area contributed by atoms with Crippen molar-refractivity contribution in [3.8, 4) is 0 Å². The average molecular weight is 400 g/mol. The molecule has 0 aliphatic carbocycles. The summed E-state index contributed by atoms with van der Waals surface area (Å²) >= 11 is 7.59. The molecule has 0 saturated carbocycles. The predicted octanol–water partition coefficient (Wildman–Crippen LogP) is 4.91. The molecular formula is C20H18ClN3O2S. The fraction of sp³-hybridized carbons (Fsp3) is 0.150. The molecule has 0 bridgehead atoms. The highest BCUT2D eigenvalue weighted by molar-refractivity contribution is 7.15. The van der Waals surface area contributed by atoms with Gasteiger partial charge in [-0.05, 0) is 42.3 Å². The number of hydrogen-bond donors (Lipinski definition) is 2. The van der Waals surface area contributed by atoms with E-state index < -0.39 is 0 Å². The minimum Gasteiger partial charge on any atom is -0.326 e. The predicted molar refractivity (Wildman–Crippen MR) is 110 cm³/mol. The molecule has 3 aromatic rings. The minimum atomic E-state index is -0.276. The summed E-state index contributed by atoms with van der Waals surface area (Å²) in [6, 6.07) is 12.7. The van der Waals surface area contributed by atoms with Crippen LogP contribution in [0.5, 0.6) is 0 Å². The number of carbonyl (C=O) groups excluding carboxylic acids is 2. The molecule has 7 heteroatoms. The molecule has 0 saturated heterocycles. The van der Waals surface area contributed by atoms with E-state index in [1.807, 2.05) is 25.1 Å². The Hall–Kier alpha value is -2.70. The third-order valence-corrected chi connectivity index (χ3v) is 5.15. The Bertz CT molecular complexity index is 1000. The van der Waals surface area contributed by atoms with E-state index in [0.29, 0.717) is 22.8 Å². The van der Waals surface area contributed by atoms with Gasteiger partial charge in [0.05, 0.1) is 0 Å². The van der Waals surface area contributed by atoms with Gasteiger partial charge >= 0.3 is 0 Å². The number of benzene rings is 2. The molecule has 2 N–H and O–H groups in total. The Morgan fingerprint density at radius 1 is 1.15 bits per heavy atom. The number of halogens is 1. The molecule has 2 amide bonds. The normalized spacial score (nSPS) is 10.5. The van der Waals surface area contributed by atoms with Crippen LogP contribution in [-0.2, 0) is 11.2 Å². The Kier molecular flexibility index (Phi) is 5.88. The molecule has 0 aliphatic rings. The number of aryl methyl sites for hydroxylation is 1. The van der Waals surface area contributed by atoms with Crippen LogP contribution >= 0.6 is 22.9 Å². The van der Waals surface area contributed by atoms with Crippen LogP contribution in [0, 0.1) is 6.92 Å². The fourth-order valence-electron chi connectivity index (χ4n) is 2.51. The van der Waals surface area contributed by atoms with Gasteiger partial charge in [0.2, 0.25) is 5.91 Å². The van der Waals surface area contributed by atoms with Gasteiger partial charge in [-0.15, -0.1) is 11.3 Å². The van der Waals surface area contributed by atoms with Crippen molar-refractivity contribution >= 4 is 45.6 Å². The quantitative estimate of drug-likeness (QED) is 0.640. The van der Waals surface area contributed by atoms with Crippen LogP contribution in [0.25, 0.3) is 0 Å². The number of amides is 2. The Labute approximate surface area is 166 Å². The zero-order valence-electron chi connectivity index (χ0n) is 14.9. The lowest BCUT2D eigenvalue weighted by molar-refractivity contribution is -0.114. The summed E-state index contributed by atoms with van der Waals surface area (Å²) < 4.78 is 0. The van der Waals surface area contributed by atoms with Crippen molar-refractivity contribution in [2.45, 2.75) is 20.3 Å². The Morgan fingerprint density at radius 2 is 1.96 bits per heavy atom. The maximum atomic E-state index is 12.4. The van der Waals surface area contributed by atoms with Gasteiger partial charge in [-0.25, -0.2) is 4.98 Å². The standard InChI is InChI=1S/C20H18ClN3O2S/c1-12-6-7-14(9-18(12)21)8-17-11-22-20(27-17)24-19(26)15-4-3-5-16(10-15)23-13(2)25/h3-7,9-11H,8H2,1-2H3,(H,23,25)(H,22,24,26). The maximum absolute atomic E-state index is 12.4. The van der Waals surface area contributed by atoms with E-state index in [-0.39, 0.29) is 11.8 Å². The molecule has 0 spiro atoms. The van der Waals surface area contributed by atoms with Crippen LogP contribution in [-0.4, -0.2) is 16.8 Å². The van der Waals surface area contributed by atoms with E-state index in [1.165, 1.54) is 18.3 Å². The topological polar surface area (TPSA) is 71.1 Å². The second-order valence-corrected chi connectivity index (χ2v) is 7.63. The lowest BCUT2D eigenvalue weighted by Crippen LogP contribution is -2.12. The molecule has 0 unspecified atom stereocenters. The Balaban J connectivity index is 1.67. The molecule has 0 fully saturated rings. The number of aromatic nitrogens is 1. The zero-order chi connectivity index (χ0) is 19.4. The number of nitrogens with zero attached hydrogens (tertiary/aromatic N) is 1. The molecular weight excluding hydrogens is 382 g/mol. The van der Waals surface area contributed by atoms with Crippen molar-refractivity contribution in [2.24, 2.45) is 0 Å². The summed E-state index contributed by atoms with van der Waals surface area (Å²) in [6.45, 7) is 3.39. The summed E-state index contributed by atoms with van der Waals surface area (Å²) in [5.74, 6) is -0.463. The van der Waals surface area contributed by atoms with Gasteiger partial charge < -0.3 is 5.32 Å². The lowest BCUT2D eigenvalue weighted by atomic mass is 10.1. The number of anilines is 2. The van der Waals surface area contributed by atoms with Crippen molar-refractivity contribution in [3.05, 3.63) is 75.3 Å². The molecule has 138 valence electrons. The van der Waals surface area contributed by atoms with Gasteiger partial charge in [0.25, 0.3) is 5.91 Å². The highest BCUT2D eigenvalue weighted by Gasteiger charge is 2.11. The molecule has 0 aliphatic heterocycles. The minimum absolute atomic E-state index is 0.187. The van der Waals surface area contributed by atoms with Crippen LogP contribution in [0.3, 0.4) is 0 Å². The van der Waals surface area contributed by atoms with Crippen LogP contribution in [0.1, 0.15) is 33.3 Å². The first-order valence-corrected chi connectivity index (χ1v) is 9.49. The maximum Gasteiger partial charge on any atom is 0.257 e. The molecule has 27 heavy (non-hydrogen) atoms. The zero-order valence-corrected chi connectivity index (χ0v) is 16.4. The van der Waals surface area contributed by atoms with Gasteiger partial charge in [-0.3, -0.25) is 14.9 Å². The number of nitrogens with one attached hydrogen (secondary N) is 2. The number of carbonyl (C=O) groups is 2. The lowest BCUT2D eigenvalue weighted by Gasteiger charge is -2.05. The van der Waals surface area contributed by atoms with E-state index in [2.05, 4.69) is 15.6 Å². The third-order valence-electron chi connectivity index (χ3n) is 3.83.